The molecule has 1 aromatic rings. The Kier molecular flexibility index (Phi) is 3.28. The number of hydrogen-bond acceptors (Lipinski definition) is 6. The third kappa shape index (κ3) is 1.98. The number of aromatic amines is 1. The highest BCUT2D eigenvalue weighted by Crippen LogP contribution is 2.46. The summed E-state index contributed by atoms with van der Waals surface area (Å²) in [4.78, 5) is 25.4. The van der Waals surface area contributed by atoms with Crippen LogP contribution in [0.1, 0.15) is 31.1 Å². The minimum atomic E-state index is -1.36. The Bertz CT molecular complexity index is 667. The van der Waals surface area contributed by atoms with E-state index in [1.807, 2.05) is 0 Å². The van der Waals surface area contributed by atoms with Crippen LogP contribution in [0.4, 0.5) is 0 Å². The van der Waals surface area contributed by atoms with Crippen molar-refractivity contribution in [1.82, 2.24) is 9.55 Å². The molecule has 2 heterocycles. The van der Waals surface area contributed by atoms with E-state index in [0.717, 1.165) is 4.57 Å². The monoisotopic (exact) mass is 298 g/mol. The molecule has 8 heteroatoms. The molecular weight excluding hydrogens is 280 g/mol. The summed E-state index contributed by atoms with van der Waals surface area (Å²) in [5.74, 6) is 0. The zero-order valence-corrected chi connectivity index (χ0v) is 11.5. The molecular formula is C13H18N2O6. The van der Waals surface area contributed by atoms with Crippen molar-refractivity contribution in [1.29, 1.82) is 0 Å². The van der Waals surface area contributed by atoms with Gasteiger partial charge in [-0.25, -0.2) is 4.79 Å². The predicted octanol–water partition coefficient (Wildman–Crippen LogP) is -1.62. The highest BCUT2D eigenvalue weighted by molar-refractivity contribution is 5.10. The van der Waals surface area contributed by atoms with Crippen molar-refractivity contribution in [3.05, 3.63) is 32.6 Å². The molecule has 1 saturated carbocycles. The molecule has 1 aliphatic carbocycles. The quantitative estimate of drug-likeness (QED) is 0.494. The van der Waals surface area contributed by atoms with Crippen LogP contribution in [0.2, 0.25) is 0 Å². The summed E-state index contributed by atoms with van der Waals surface area (Å²) in [6, 6.07) is 0. The Morgan fingerprint density at radius 2 is 2.10 bits per heavy atom. The summed E-state index contributed by atoms with van der Waals surface area (Å²) in [6.45, 7) is 1.52. The minimum Gasteiger partial charge on any atom is -0.390 e. The Morgan fingerprint density at radius 1 is 1.38 bits per heavy atom. The van der Waals surface area contributed by atoms with Crippen LogP contribution in [0.25, 0.3) is 0 Å². The molecule has 0 bridgehead atoms. The van der Waals surface area contributed by atoms with Gasteiger partial charge in [-0.15, -0.1) is 0 Å². The predicted molar refractivity (Wildman–Crippen MR) is 70.8 cm³/mol. The van der Waals surface area contributed by atoms with Crippen LogP contribution in [-0.2, 0) is 4.74 Å². The molecule has 1 saturated heterocycles. The maximum atomic E-state index is 11.9. The van der Waals surface area contributed by atoms with Gasteiger partial charge in [0.1, 0.15) is 17.8 Å². The summed E-state index contributed by atoms with van der Waals surface area (Å²) < 4.78 is 6.75. The number of aryl methyl sites for hydroxylation is 1. The van der Waals surface area contributed by atoms with Gasteiger partial charge in [-0.3, -0.25) is 14.3 Å². The number of aliphatic hydroxyl groups is 3. The molecule has 5 atom stereocenters. The first-order valence-corrected chi connectivity index (χ1v) is 6.91. The van der Waals surface area contributed by atoms with Gasteiger partial charge in [0, 0.05) is 11.8 Å². The smallest absolute Gasteiger partial charge is 0.330 e. The fourth-order valence-corrected chi connectivity index (χ4v) is 3.27. The first kappa shape index (κ1) is 14.5. The first-order valence-electron chi connectivity index (χ1n) is 6.91. The van der Waals surface area contributed by atoms with Crippen molar-refractivity contribution >= 4 is 0 Å². The fraction of sp³-hybridized carbons (Fsp3) is 0.692. The van der Waals surface area contributed by atoms with Crippen molar-refractivity contribution < 1.29 is 20.1 Å². The van der Waals surface area contributed by atoms with Gasteiger partial charge >= 0.3 is 5.69 Å². The van der Waals surface area contributed by atoms with E-state index in [4.69, 9.17) is 4.74 Å². The largest absolute Gasteiger partial charge is 0.390 e. The summed E-state index contributed by atoms with van der Waals surface area (Å²) in [5.41, 5.74) is -2.22. The van der Waals surface area contributed by atoms with E-state index in [9.17, 15) is 24.9 Å². The molecule has 1 aromatic heterocycles. The van der Waals surface area contributed by atoms with Crippen LogP contribution < -0.4 is 11.2 Å². The molecule has 8 nitrogen and oxygen atoms in total. The molecule has 2 fully saturated rings. The number of nitrogens with one attached hydrogen (secondary N) is 1. The lowest BCUT2D eigenvalue weighted by Gasteiger charge is -2.30. The van der Waals surface area contributed by atoms with Crippen LogP contribution in [0, 0.1) is 6.92 Å². The van der Waals surface area contributed by atoms with Crippen LogP contribution in [0.15, 0.2) is 15.8 Å². The molecule has 3 rings (SSSR count). The van der Waals surface area contributed by atoms with Crippen LogP contribution in [-0.4, -0.2) is 48.8 Å². The van der Waals surface area contributed by atoms with Gasteiger partial charge in [-0.2, -0.15) is 0 Å². The van der Waals surface area contributed by atoms with Gasteiger partial charge in [0.05, 0.1) is 6.10 Å². The molecule has 0 unspecified atom stereocenters. The highest BCUT2D eigenvalue weighted by atomic mass is 16.6. The van der Waals surface area contributed by atoms with Crippen molar-refractivity contribution in [3.63, 3.8) is 0 Å². The average molecular weight is 298 g/mol. The lowest BCUT2D eigenvalue weighted by atomic mass is 9.91. The lowest BCUT2D eigenvalue weighted by Crippen LogP contribution is -2.48. The van der Waals surface area contributed by atoms with Crippen molar-refractivity contribution in [2.45, 2.75) is 56.3 Å². The van der Waals surface area contributed by atoms with E-state index in [0.29, 0.717) is 19.3 Å². The maximum Gasteiger partial charge on any atom is 0.330 e. The van der Waals surface area contributed by atoms with Gasteiger partial charge in [0.15, 0.2) is 6.23 Å². The SMILES string of the molecule is Cc1cn([C@@H]2O[C@@]3(CCC[C@H]3O)[C@@H](O)[C@H]2O)c(=O)[nH]c1=O. The standard InChI is InChI=1S/C13H18N2O6/c1-6-5-15(12(20)14-10(6)19)11-8(17)9(18)13(21-11)4-2-3-7(13)16/h5,7-9,11,16-18H,2-4H2,1H3,(H,14,19,20)/t7-,8-,9+,11-,13-/m1/s1. The second-order valence-corrected chi connectivity index (χ2v) is 5.79. The Hall–Kier alpha value is -1.48. The molecule has 0 radical (unpaired) electrons. The average Bonchev–Trinajstić information content (AvgIpc) is 2.91. The number of rotatable bonds is 1. The van der Waals surface area contributed by atoms with E-state index in [1.54, 1.807) is 0 Å². The van der Waals surface area contributed by atoms with Crippen molar-refractivity contribution in [3.8, 4) is 0 Å². The summed E-state index contributed by atoms with van der Waals surface area (Å²) in [5, 5.41) is 30.5. The highest BCUT2D eigenvalue weighted by Gasteiger charge is 2.60. The fourth-order valence-electron chi connectivity index (χ4n) is 3.27. The summed E-state index contributed by atoms with van der Waals surface area (Å²) >= 11 is 0. The third-order valence-electron chi connectivity index (χ3n) is 4.49. The Labute approximate surface area is 119 Å². The normalized spacial score (nSPS) is 39.2. The Morgan fingerprint density at radius 3 is 2.71 bits per heavy atom. The number of hydrogen-bond donors (Lipinski definition) is 4. The van der Waals surface area contributed by atoms with Gasteiger partial charge < -0.3 is 20.1 Å². The van der Waals surface area contributed by atoms with Gasteiger partial charge in [0.25, 0.3) is 5.56 Å². The second-order valence-electron chi connectivity index (χ2n) is 5.79. The number of aliphatic hydroxyl groups excluding tert-OH is 3. The van der Waals surface area contributed by atoms with Gasteiger partial charge in [-0.05, 0) is 26.2 Å². The van der Waals surface area contributed by atoms with E-state index in [1.165, 1.54) is 13.1 Å². The Balaban J connectivity index is 2.03. The zero-order chi connectivity index (χ0) is 15.4. The second kappa shape index (κ2) is 4.77. The lowest BCUT2D eigenvalue weighted by molar-refractivity contribution is -0.149. The van der Waals surface area contributed by atoms with Crippen LogP contribution in [0.3, 0.4) is 0 Å². The molecule has 21 heavy (non-hydrogen) atoms. The molecule has 2 aliphatic rings. The van der Waals surface area contributed by atoms with Crippen molar-refractivity contribution in [2.75, 3.05) is 0 Å². The van der Waals surface area contributed by atoms with Crippen molar-refractivity contribution in [2.24, 2.45) is 0 Å². The number of aromatic nitrogens is 2. The van der Waals surface area contributed by atoms with Crippen LogP contribution in [0.5, 0.6) is 0 Å². The minimum absolute atomic E-state index is 0.285. The summed E-state index contributed by atoms with van der Waals surface area (Å²) in [7, 11) is 0. The van der Waals surface area contributed by atoms with E-state index in [-0.39, 0.29) is 5.56 Å². The first-order chi connectivity index (χ1) is 9.86. The van der Waals surface area contributed by atoms with Gasteiger partial charge in [0.2, 0.25) is 0 Å². The molecule has 1 spiro atoms. The number of nitrogens with zero attached hydrogens (tertiary/aromatic N) is 1. The van der Waals surface area contributed by atoms with Crippen LogP contribution >= 0.6 is 0 Å². The van der Waals surface area contributed by atoms with E-state index >= 15 is 0 Å². The molecule has 0 aromatic carbocycles. The number of ether oxygens (including phenoxy) is 1. The number of H-pyrrole nitrogens is 1. The molecule has 116 valence electrons. The molecule has 0 amide bonds. The molecule has 4 N–H and O–H groups in total. The van der Waals surface area contributed by atoms with E-state index in [2.05, 4.69) is 4.98 Å². The zero-order valence-electron chi connectivity index (χ0n) is 11.5. The summed E-state index contributed by atoms with van der Waals surface area (Å²) in [6.07, 6.45) is -1.88. The maximum absolute atomic E-state index is 11.9. The topological polar surface area (TPSA) is 125 Å². The third-order valence-corrected chi connectivity index (χ3v) is 4.49. The molecule has 1 aliphatic heterocycles. The van der Waals surface area contributed by atoms with Gasteiger partial charge in [-0.1, -0.05) is 0 Å². The van der Waals surface area contributed by atoms with E-state index < -0.39 is 41.4 Å².